The summed E-state index contributed by atoms with van der Waals surface area (Å²) < 4.78 is 0. The molecule has 0 radical (unpaired) electrons. The number of aryl methyl sites for hydroxylation is 1. The van der Waals surface area contributed by atoms with E-state index in [9.17, 15) is 0 Å². The van der Waals surface area contributed by atoms with Crippen LogP contribution in [0.3, 0.4) is 0 Å². The number of anilines is 1. The van der Waals surface area contributed by atoms with E-state index >= 15 is 0 Å². The van der Waals surface area contributed by atoms with Gasteiger partial charge in [0.05, 0.1) is 11.3 Å². The minimum absolute atomic E-state index is 0.803. The van der Waals surface area contributed by atoms with E-state index in [1.807, 2.05) is 12.1 Å². The first kappa shape index (κ1) is 9.08. The number of hydrogen-bond acceptors (Lipinski definition) is 2. The van der Waals surface area contributed by atoms with Crippen LogP contribution in [0.4, 0.5) is 5.69 Å². The molecular formula is C12H14N2. The minimum Gasteiger partial charge on any atom is -0.370 e. The first-order chi connectivity index (χ1) is 6.81. The molecule has 2 heteroatoms. The van der Waals surface area contributed by atoms with E-state index in [1.54, 1.807) is 0 Å². The molecule has 2 nitrogen and oxygen atoms in total. The summed E-state index contributed by atoms with van der Waals surface area (Å²) in [6.07, 6.45) is 2.50. The third-order valence-electron chi connectivity index (χ3n) is 2.72. The van der Waals surface area contributed by atoms with E-state index in [2.05, 4.69) is 24.0 Å². The van der Waals surface area contributed by atoms with Crippen LogP contribution >= 0.6 is 0 Å². The second-order valence-corrected chi connectivity index (χ2v) is 3.83. The number of hydrogen-bond donors (Lipinski definition) is 0. The summed E-state index contributed by atoms with van der Waals surface area (Å²) in [5.41, 5.74) is 3.15. The lowest BCUT2D eigenvalue weighted by atomic mass is 10.1. The third-order valence-corrected chi connectivity index (χ3v) is 2.72. The topological polar surface area (TPSA) is 27.0 Å². The van der Waals surface area contributed by atoms with Gasteiger partial charge in [-0.2, -0.15) is 5.26 Å². The highest BCUT2D eigenvalue weighted by Gasteiger charge is 2.15. The Hall–Kier alpha value is -1.49. The molecule has 0 atom stereocenters. The standard InChI is InChI=1S/C12H14N2/c1-10-4-5-11(9-13)12(8-10)14-6-2-3-7-14/h4-5,8H,2-3,6-7H2,1H3. The van der Waals surface area contributed by atoms with Crippen molar-refractivity contribution in [3.8, 4) is 6.07 Å². The maximum Gasteiger partial charge on any atom is 0.101 e. The molecule has 0 unspecified atom stereocenters. The Kier molecular flexibility index (Phi) is 2.41. The second kappa shape index (κ2) is 3.71. The fraction of sp³-hybridized carbons (Fsp3) is 0.417. The van der Waals surface area contributed by atoms with Crippen molar-refractivity contribution >= 4 is 5.69 Å². The van der Waals surface area contributed by atoms with Gasteiger partial charge in [0, 0.05) is 13.1 Å². The van der Waals surface area contributed by atoms with Crippen molar-refractivity contribution in [1.29, 1.82) is 5.26 Å². The average molecular weight is 186 g/mol. The Bertz CT molecular complexity index is 370. The normalized spacial score (nSPS) is 15.6. The number of nitrogens with zero attached hydrogens (tertiary/aromatic N) is 2. The number of nitriles is 1. The summed E-state index contributed by atoms with van der Waals surface area (Å²) in [4.78, 5) is 2.31. The quantitative estimate of drug-likeness (QED) is 0.673. The van der Waals surface area contributed by atoms with Gasteiger partial charge >= 0.3 is 0 Å². The molecule has 72 valence electrons. The summed E-state index contributed by atoms with van der Waals surface area (Å²) in [5.74, 6) is 0. The van der Waals surface area contributed by atoms with Gasteiger partial charge in [-0.15, -0.1) is 0 Å². The largest absolute Gasteiger partial charge is 0.370 e. The highest BCUT2D eigenvalue weighted by atomic mass is 15.1. The van der Waals surface area contributed by atoms with Crippen molar-refractivity contribution in [1.82, 2.24) is 0 Å². The molecule has 0 N–H and O–H groups in total. The van der Waals surface area contributed by atoms with Gasteiger partial charge in [0.1, 0.15) is 6.07 Å². The fourth-order valence-corrected chi connectivity index (χ4v) is 1.96. The highest BCUT2D eigenvalue weighted by molar-refractivity contribution is 5.61. The molecular weight excluding hydrogens is 172 g/mol. The molecule has 0 aromatic heterocycles. The predicted molar refractivity (Wildman–Crippen MR) is 57.3 cm³/mol. The molecule has 2 rings (SSSR count). The Morgan fingerprint density at radius 1 is 1.29 bits per heavy atom. The highest BCUT2D eigenvalue weighted by Crippen LogP contribution is 2.25. The smallest absolute Gasteiger partial charge is 0.101 e. The minimum atomic E-state index is 0.803. The van der Waals surface area contributed by atoms with Crippen LogP contribution in [0.1, 0.15) is 24.0 Å². The van der Waals surface area contributed by atoms with Crippen LogP contribution < -0.4 is 4.90 Å². The van der Waals surface area contributed by atoms with Crippen molar-refractivity contribution in [3.63, 3.8) is 0 Å². The van der Waals surface area contributed by atoms with Gasteiger partial charge in [0.15, 0.2) is 0 Å². The van der Waals surface area contributed by atoms with Crippen molar-refractivity contribution in [2.45, 2.75) is 19.8 Å². The van der Waals surface area contributed by atoms with E-state index in [1.165, 1.54) is 18.4 Å². The van der Waals surface area contributed by atoms with Gasteiger partial charge in [-0.25, -0.2) is 0 Å². The summed E-state index contributed by atoms with van der Waals surface area (Å²) in [6, 6.07) is 8.29. The van der Waals surface area contributed by atoms with E-state index in [4.69, 9.17) is 5.26 Å². The van der Waals surface area contributed by atoms with Crippen molar-refractivity contribution in [2.24, 2.45) is 0 Å². The maximum atomic E-state index is 8.99. The SMILES string of the molecule is Cc1ccc(C#N)c(N2CCCC2)c1. The van der Waals surface area contributed by atoms with Gasteiger partial charge in [-0.05, 0) is 37.5 Å². The zero-order valence-electron chi connectivity index (χ0n) is 8.45. The van der Waals surface area contributed by atoms with E-state index in [0.717, 1.165) is 24.3 Å². The molecule has 0 spiro atoms. The lowest BCUT2D eigenvalue weighted by Gasteiger charge is -2.19. The molecule has 0 aliphatic carbocycles. The summed E-state index contributed by atoms with van der Waals surface area (Å²) in [7, 11) is 0. The molecule has 1 heterocycles. The van der Waals surface area contributed by atoms with Crippen LogP contribution in [0.5, 0.6) is 0 Å². The van der Waals surface area contributed by atoms with Crippen LogP contribution in [-0.4, -0.2) is 13.1 Å². The Morgan fingerprint density at radius 2 is 2.00 bits per heavy atom. The van der Waals surface area contributed by atoms with E-state index in [-0.39, 0.29) is 0 Å². The molecule has 1 aromatic rings. The Labute approximate surface area is 84.8 Å². The fourth-order valence-electron chi connectivity index (χ4n) is 1.96. The molecule has 1 aromatic carbocycles. The molecule has 0 saturated carbocycles. The number of benzene rings is 1. The first-order valence-electron chi connectivity index (χ1n) is 5.07. The van der Waals surface area contributed by atoms with Crippen LogP contribution in [0, 0.1) is 18.3 Å². The molecule has 0 amide bonds. The van der Waals surface area contributed by atoms with E-state index in [0.29, 0.717) is 0 Å². The van der Waals surface area contributed by atoms with Gasteiger partial charge in [0.25, 0.3) is 0 Å². The summed E-state index contributed by atoms with van der Waals surface area (Å²) in [5, 5.41) is 8.99. The average Bonchev–Trinajstić information content (AvgIpc) is 2.70. The van der Waals surface area contributed by atoms with Gasteiger partial charge < -0.3 is 4.90 Å². The van der Waals surface area contributed by atoms with Crippen molar-refractivity contribution in [3.05, 3.63) is 29.3 Å². The molecule has 1 fully saturated rings. The van der Waals surface area contributed by atoms with Gasteiger partial charge in [-0.1, -0.05) is 6.07 Å². The van der Waals surface area contributed by atoms with Crippen LogP contribution in [-0.2, 0) is 0 Å². The molecule has 1 aliphatic rings. The second-order valence-electron chi connectivity index (χ2n) is 3.83. The van der Waals surface area contributed by atoms with Crippen LogP contribution in [0.15, 0.2) is 18.2 Å². The summed E-state index contributed by atoms with van der Waals surface area (Å²) >= 11 is 0. The van der Waals surface area contributed by atoms with Crippen LogP contribution in [0.2, 0.25) is 0 Å². The van der Waals surface area contributed by atoms with Gasteiger partial charge in [-0.3, -0.25) is 0 Å². The van der Waals surface area contributed by atoms with Crippen LogP contribution in [0.25, 0.3) is 0 Å². The van der Waals surface area contributed by atoms with Gasteiger partial charge in [0.2, 0.25) is 0 Å². The predicted octanol–water partition coefficient (Wildman–Crippen LogP) is 2.47. The lowest BCUT2D eigenvalue weighted by molar-refractivity contribution is 0.949. The monoisotopic (exact) mass is 186 g/mol. The maximum absolute atomic E-state index is 8.99. The zero-order chi connectivity index (χ0) is 9.97. The summed E-state index contributed by atoms with van der Waals surface area (Å²) in [6.45, 7) is 4.26. The van der Waals surface area contributed by atoms with Crippen molar-refractivity contribution < 1.29 is 0 Å². The number of rotatable bonds is 1. The lowest BCUT2D eigenvalue weighted by Crippen LogP contribution is -2.18. The molecule has 0 bridgehead atoms. The first-order valence-corrected chi connectivity index (χ1v) is 5.07. The Morgan fingerprint density at radius 3 is 2.64 bits per heavy atom. The Balaban J connectivity index is 2.39. The molecule has 1 saturated heterocycles. The zero-order valence-corrected chi connectivity index (χ0v) is 8.45. The third kappa shape index (κ3) is 1.58. The molecule has 14 heavy (non-hydrogen) atoms. The molecule has 1 aliphatic heterocycles. The van der Waals surface area contributed by atoms with Crippen molar-refractivity contribution in [2.75, 3.05) is 18.0 Å². The van der Waals surface area contributed by atoms with E-state index < -0.39 is 0 Å².